The average molecular weight is 161 g/mol. The van der Waals surface area contributed by atoms with Crippen molar-refractivity contribution in [3.05, 3.63) is 0 Å². The molecule has 0 saturated heterocycles. The molecule has 0 heterocycles. The summed E-state index contributed by atoms with van der Waals surface area (Å²) in [6.45, 7) is 10.5. The van der Waals surface area contributed by atoms with Crippen molar-refractivity contribution < 1.29 is 4.74 Å². The predicted octanol–water partition coefficient (Wildman–Crippen LogP) is 1.45. The molecule has 0 atom stereocenters. The molecule has 0 rings (SSSR count). The third kappa shape index (κ3) is 8.14. The molecule has 0 aromatic heterocycles. The first-order valence-electron chi connectivity index (χ1n) is 3.85. The molecule has 0 spiro atoms. The standard InChI is InChI=1S/C7H19NOSi/c1-5-9-6-8-7-10(2,3)4/h8H,5-7H2,1-4H3. The second kappa shape index (κ2) is 4.88. The molecule has 0 bridgehead atoms. The van der Waals surface area contributed by atoms with Crippen LogP contribution in [0.25, 0.3) is 0 Å². The highest BCUT2D eigenvalue weighted by molar-refractivity contribution is 6.76. The van der Waals surface area contributed by atoms with Gasteiger partial charge >= 0.3 is 0 Å². The Balaban J connectivity index is 3.04. The van der Waals surface area contributed by atoms with Crippen LogP contribution >= 0.6 is 0 Å². The molecular formula is C7H19NOSi. The minimum Gasteiger partial charge on any atom is -0.367 e. The van der Waals surface area contributed by atoms with E-state index in [0.29, 0.717) is 6.73 Å². The number of nitrogens with one attached hydrogen (secondary N) is 1. The monoisotopic (exact) mass is 161 g/mol. The Labute approximate surface area is 65.0 Å². The summed E-state index contributed by atoms with van der Waals surface area (Å²) in [4.78, 5) is 0. The fourth-order valence-corrected chi connectivity index (χ4v) is 1.45. The Bertz CT molecular complexity index is 80.2. The molecule has 0 aliphatic rings. The van der Waals surface area contributed by atoms with Gasteiger partial charge in [0.05, 0.1) is 14.8 Å². The van der Waals surface area contributed by atoms with Crippen molar-refractivity contribution in [1.29, 1.82) is 0 Å². The molecule has 0 aromatic rings. The van der Waals surface area contributed by atoms with E-state index < -0.39 is 8.07 Å². The molecule has 1 N–H and O–H groups in total. The highest BCUT2D eigenvalue weighted by atomic mass is 28.3. The van der Waals surface area contributed by atoms with E-state index >= 15 is 0 Å². The molecule has 0 radical (unpaired) electrons. The van der Waals surface area contributed by atoms with Crippen LogP contribution < -0.4 is 5.32 Å². The van der Waals surface area contributed by atoms with Crippen molar-refractivity contribution in [1.82, 2.24) is 5.32 Å². The maximum atomic E-state index is 5.14. The Hall–Kier alpha value is 0.137. The van der Waals surface area contributed by atoms with Gasteiger partial charge in [-0.1, -0.05) is 19.6 Å². The molecule has 0 amide bonds. The lowest BCUT2D eigenvalue weighted by molar-refractivity contribution is 0.132. The predicted molar refractivity (Wildman–Crippen MR) is 47.8 cm³/mol. The van der Waals surface area contributed by atoms with Crippen LogP contribution in [0.1, 0.15) is 6.92 Å². The lowest BCUT2D eigenvalue weighted by atomic mass is 10.9. The lowest BCUT2D eigenvalue weighted by Gasteiger charge is -2.15. The Morgan fingerprint density at radius 1 is 1.30 bits per heavy atom. The minimum atomic E-state index is -0.898. The molecule has 3 heteroatoms. The van der Waals surface area contributed by atoms with Gasteiger partial charge in [-0.15, -0.1) is 0 Å². The second-order valence-electron chi connectivity index (χ2n) is 3.62. The average Bonchev–Trinajstić information content (AvgIpc) is 1.78. The van der Waals surface area contributed by atoms with Crippen molar-refractivity contribution in [3.63, 3.8) is 0 Å². The zero-order valence-electron chi connectivity index (χ0n) is 7.53. The van der Waals surface area contributed by atoms with Crippen molar-refractivity contribution >= 4 is 8.07 Å². The van der Waals surface area contributed by atoms with E-state index in [4.69, 9.17) is 4.74 Å². The smallest absolute Gasteiger partial charge is 0.0962 e. The van der Waals surface area contributed by atoms with Gasteiger partial charge in [0.2, 0.25) is 0 Å². The molecular weight excluding hydrogens is 142 g/mol. The van der Waals surface area contributed by atoms with Crippen LogP contribution in [0.5, 0.6) is 0 Å². The van der Waals surface area contributed by atoms with Crippen molar-refractivity contribution in [2.75, 3.05) is 19.5 Å². The summed E-state index contributed by atoms with van der Waals surface area (Å²) in [5.74, 6) is 0. The minimum absolute atomic E-state index is 0.709. The molecule has 62 valence electrons. The molecule has 0 unspecified atom stereocenters. The number of rotatable bonds is 5. The van der Waals surface area contributed by atoms with Gasteiger partial charge in [0, 0.05) is 6.61 Å². The summed E-state index contributed by atoms with van der Waals surface area (Å²) < 4.78 is 5.14. The van der Waals surface area contributed by atoms with Gasteiger partial charge < -0.3 is 4.74 Å². The Morgan fingerprint density at radius 2 is 1.90 bits per heavy atom. The van der Waals surface area contributed by atoms with E-state index in [1.54, 1.807) is 0 Å². The summed E-state index contributed by atoms with van der Waals surface area (Å²) in [5, 5.41) is 3.27. The molecule has 0 aromatic carbocycles. The summed E-state index contributed by atoms with van der Waals surface area (Å²) in [7, 11) is -0.898. The fraction of sp³-hybridized carbons (Fsp3) is 1.00. The van der Waals surface area contributed by atoms with Crippen molar-refractivity contribution in [2.45, 2.75) is 26.6 Å². The van der Waals surface area contributed by atoms with Crippen LogP contribution in [0.2, 0.25) is 19.6 Å². The van der Waals surface area contributed by atoms with Crippen LogP contribution in [0.3, 0.4) is 0 Å². The van der Waals surface area contributed by atoms with Crippen molar-refractivity contribution in [3.8, 4) is 0 Å². The van der Waals surface area contributed by atoms with E-state index in [1.807, 2.05) is 6.92 Å². The number of hydrogen-bond donors (Lipinski definition) is 1. The zero-order chi connectivity index (χ0) is 8.04. The molecule has 0 aliphatic heterocycles. The van der Waals surface area contributed by atoms with E-state index in [-0.39, 0.29) is 0 Å². The number of hydrogen-bond acceptors (Lipinski definition) is 2. The summed E-state index contributed by atoms with van der Waals surface area (Å²) in [6, 6.07) is 0. The van der Waals surface area contributed by atoms with E-state index in [2.05, 4.69) is 25.0 Å². The van der Waals surface area contributed by atoms with Gasteiger partial charge in [-0.05, 0) is 13.1 Å². The molecule has 0 fully saturated rings. The molecule has 0 aliphatic carbocycles. The summed E-state index contributed by atoms with van der Waals surface area (Å²) in [6.07, 6.45) is 1.15. The van der Waals surface area contributed by atoms with Crippen LogP contribution in [-0.2, 0) is 4.74 Å². The van der Waals surface area contributed by atoms with Gasteiger partial charge in [-0.3, -0.25) is 5.32 Å². The first-order chi connectivity index (χ1) is 4.56. The van der Waals surface area contributed by atoms with E-state index in [0.717, 1.165) is 12.8 Å². The first-order valence-corrected chi connectivity index (χ1v) is 7.55. The van der Waals surface area contributed by atoms with Gasteiger partial charge in [-0.25, -0.2) is 0 Å². The highest BCUT2D eigenvalue weighted by Gasteiger charge is 2.10. The second-order valence-corrected chi connectivity index (χ2v) is 9.10. The van der Waals surface area contributed by atoms with E-state index in [9.17, 15) is 0 Å². The van der Waals surface area contributed by atoms with E-state index in [1.165, 1.54) is 0 Å². The van der Waals surface area contributed by atoms with Gasteiger partial charge in [0.25, 0.3) is 0 Å². The van der Waals surface area contributed by atoms with Crippen LogP contribution in [0, 0.1) is 0 Å². The normalized spacial score (nSPS) is 12.0. The Kier molecular flexibility index (Phi) is 4.94. The summed E-state index contributed by atoms with van der Waals surface area (Å²) >= 11 is 0. The summed E-state index contributed by atoms with van der Waals surface area (Å²) in [5.41, 5.74) is 0. The van der Waals surface area contributed by atoms with Crippen LogP contribution in [0.4, 0.5) is 0 Å². The Morgan fingerprint density at radius 3 is 2.30 bits per heavy atom. The third-order valence-electron chi connectivity index (χ3n) is 1.06. The van der Waals surface area contributed by atoms with Crippen molar-refractivity contribution in [2.24, 2.45) is 0 Å². The zero-order valence-corrected chi connectivity index (χ0v) is 8.53. The number of ether oxygens (including phenoxy) is 1. The van der Waals surface area contributed by atoms with Gasteiger partial charge in [0.15, 0.2) is 0 Å². The third-order valence-corrected chi connectivity index (χ3v) is 2.37. The van der Waals surface area contributed by atoms with Gasteiger partial charge in [-0.2, -0.15) is 0 Å². The largest absolute Gasteiger partial charge is 0.367 e. The maximum Gasteiger partial charge on any atom is 0.0962 e. The molecule has 2 nitrogen and oxygen atoms in total. The topological polar surface area (TPSA) is 21.3 Å². The lowest BCUT2D eigenvalue weighted by Crippen LogP contribution is -2.37. The molecule has 0 saturated carbocycles. The molecule has 10 heavy (non-hydrogen) atoms. The highest BCUT2D eigenvalue weighted by Crippen LogP contribution is 1.96. The fourth-order valence-electron chi connectivity index (χ4n) is 0.600. The maximum absolute atomic E-state index is 5.14. The van der Waals surface area contributed by atoms with Crippen LogP contribution in [-0.4, -0.2) is 27.6 Å². The first kappa shape index (κ1) is 10.1. The van der Waals surface area contributed by atoms with Crippen LogP contribution in [0.15, 0.2) is 0 Å². The quantitative estimate of drug-likeness (QED) is 0.374. The van der Waals surface area contributed by atoms with Gasteiger partial charge in [0.1, 0.15) is 0 Å². The SMILES string of the molecule is CCOCNC[Si](C)(C)C.